The van der Waals surface area contributed by atoms with Crippen molar-refractivity contribution in [2.75, 3.05) is 6.54 Å². The summed E-state index contributed by atoms with van der Waals surface area (Å²) in [6, 6.07) is 4.91. The third-order valence-electron chi connectivity index (χ3n) is 3.46. The molecule has 0 bridgehead atoms. The fourth-order valence-corrected chi connectivity index (χ4v) is 3.07. The summed E-state index contributed by atoms with van der Waals surface area (Å²) in [4.78, 5) is 0. The van der Waals surface area contributed by atoms with Crippen LogP contribution in [0.5, 0.6) is 0 Å². The Bertz CT molecular complexity index is 642. The molecule has 1 heterocycles. The Balaban J connectivity index is 2.32. The second-order valence-corrected chi connectivity index (χ2v) is 6.16. The van der Waals surface area contributed by atoms with Crippen LogP contribution in [-0.2, 0) is 13.5 Å². The van der Waals surface area contributed by atoms with Gasteiger partial charge in [-0.2, -0.15) is 5.10 Å². The van der Waals surface area contributed by atoms with E-state index in [1.54, 1.807) is 12.1 Å². The normalized spacial score (nSPS) is 12.7. The zero-order chi connectivity index (χ0) is 15.6. The van der Waals surface area contributed by atoms with Crippen molar-refractivity contribution in [3.05, 3.63) is 50.5 Å². The molecule has 1 N–H and O–H groups in total. The molecule has 1 atom stereocenters. The summed E-state index contributed by atoms with van der Waals surface area (Å²) in [6.07, 6.45) is 0.744. The topological polar surface area (TPSA) is 29.9 Å². The molecule has 0 aliphatic heterocycles. The highest BCUT2D eigenvalue weighted by Crippen LogP contribution is 2.28. The maximum absolute atomic E-state index is 13.3. The van der Waals surface area contributed by atoms with Crippen LogP contribution < -0.4 is 5.32 Å². The van der Waals surface area contributed by atoms with Crippen LogP contribution in [0.3, 0.4) is 0 Å². The summed E-state index contributed by atoms with van der Waals surface area (Å²) in [5.74, 6) is -0.395. The second kappa shape index (κ2) is 6.90. The van der Waals surface area contributed by atoms with Crippen molar-refractivity contribution in [3.63, 3.8) is 0 Å². The van der Waals surface area contributed by atoms with E-state index in [1.807, 2.05) is 25.6 Å². The molecule has 1 aromatic carbocycles. The number of aryl methyl sites for hydroxylation is 2. The fraction of sp³-hybridized carbons (Fsp3) is 0.400. The minimum atomic E-state index is -0.395. The van der Waals surface area contributed by atoms with Crippen LogP contribution in [-0.4, -0.2) is 16.3 Å². The number of hydrogen-bond acceptors (Lipinski definition) is 2. The van der Waals surface area contributed by atoms with E-state index in [4.69, 9.17) is 11.6 Å². The zero-order valence-corrected chi connectivity index (χ0v) is 14.6. The van der Waals surface area contributed by atoms with Gasteiger partial charge in [-0.3, -0.25) is 4.68 Å². The van der Waals surface area contributed by atoms with Gasteiger partial charge in [0.25, 0.3) is 0 Å². The maximum atomic E-state index is 13.3. The van der Waals surface area contributed by atoms with Crippen molar-refractivity contribution in [1.29, 1.82) is 0 Å². The van der Waals surface area contributed by atoms with Crippen LogP contribution >= 0.6 is 27.5 Å². The van der Waals surface area contributed by atoms with E-state index in [9.17, 15) is 4.39 Å². The van der Waals surface area contributed by atoms with E-state index in [0.29, 0.717) is 0 Å². The highest BCUT2D eigenvalue weighted by molar-refractivity contribution is 9.10. The van der Waals surface area contributed by atoms with E-state index in [1.165, 1.54) is 6.07 Å². The summed E-state index contributed by atoms with van der Waals surface area (Å²) >= 11 is 9.48. The van der Waals surface area contributed by atoms with Crippen molar-refractivity contribution in [3.8, 4) is 0 Å². The summed E-state index contributed by atoms with van der Waals surface area (Å²) in [5.41, 5.74) is 3.02. The van der Waals surface area contributed by atoms with Gasteiger partial charge in [0.2, 0.25) is 0 Å². The molecule has 6 heteroatoms. The molecule has 2 rings (SSSR count). The molecule has 114 valence electrons. The number of aromatic nitrogens is 2. The van der Waals surface area contributed by atoms with Gasteiger partial charge >= 0.3 is 0 Å². The van der Waals surface area contributed by atoms with Crippen molar-refractivity contribution >= 4 is 27.5 Å². The number of nitrogens with one attached hydrogen (secondary N) is 1. The predicted octanol–water partition coefficient (Wildman–Crippen LogP) is 4.18. The van der Waals surface area contributed by atoms with Crippen molar-refractivity contribution in [1.82, 2.24) is 15.1 Å². The summed E-state index contributed by atoms with van der Waals surface area (Å²) in [6.45, 7) is 4.82. The minimum absolute atomic E-state index is 0.0548. The second-order valence-electron chi connectivity index (χ2n) is 4.96. The van der Waals surface area contributed by atoms with Crippen LogP contribution in [0, 0.1) is 12.7 Å². The van der Waals surface area contributed by atoms with Gasteiger partial charge in [-0.25, -0.2) is 4.39 Å². The largest absolute Gasteiger partial charge is 0.310 e. The minimum Gasteiger partial charge on any atom is -0.310 e. The molecule has 2 aromatic rings. The van der Waals surface area contributed by atoms with Gasteiger partial charge in [-0.15, -0.1) is 0 Å². The predicted molar refractivity (Wildman–Crippen MR) is 87.2 cm³/mol. The van der Waals surface area contributed by atoms with Crippen molar-refractivity contribution in [2.45, 2.75) is 26.3 Å². The first-order valence-electron chi connectivity index (χ1n) is 6.80. The molecule has 0 saturated carbocycles. The third-order valence-corrected chi connectivity index (χ3v) is 4.78. The van der Waals surface area contributed by atoms with Gasteiger partial charge in [-0.1, -0.05) is 24.6 Å². The molecular formula is C15H18BrClFN3. The first kappa shape index (κ1) is 16.5. The van der Waals surface area contributed by atoms with Crippen LogP contribution in [0.1, 0.15) is 29.9 Å². The Hall–Kier alpha value is -0.910. The van der Waals surface area contributed by atoms with Crippen LogP contribution in [0.15, 0.2) is 22.7 Å². The number of benzene rings is 1. The zero-order valence-electron chi connectivity index (χ0n) is 12.3. The van der Waals surface area contributed by atoms with Gasteiger partial charge < -0.3 is 5.32 Å². The molecule has 1 aromatic heterocycles. The molecule has 3 nitrogen and oxygen atoms in total. The summed E-state index contributed by atoms with van der Waals surface area (Å²) in [7, 11) is 1.92. The van der Waals surface area contributed by atoms with E-state index in [2.05, 4.69) is 26.3 Å². The SMILES string of the molecule is CCNC(Cc1c(Br)c(C)nn1C)c1ccc(F)c(Cl)c1. The Morgan fingerprint density at radius 1 is 1.48 bits per heavy atom. The molecule has 0 radical (unpaired) electrons. The molecular weight excluding hydrogens is 357 g/mol. The third kappa shape index (κ3) is 3.65. The van der Waals surface area contributed by atoms with E-state index in [0.717, 1.165) is 34.4 Å². The Morgan fingerprint density at radius 3 is 2.71 bits per heavy atom. The average Bonchev–Trinajstić information content (AvgIpc) is 2.68. The first-order valence-corrected chi connectivity index (χ1v) is 7.97. The number of rotatable bonds is 5. The van der Waals surface area contributed by atoms with E-state index in [-0.39, 0.29) is 11.1 Å². The van der Waals surface area contributed by atoms with Crippen LogP contribution in [0.2, 0.25) is 5.02 Å². The molecule has 1 unspecified atom stereocenters. The highest BCUT2D eigenvalue weighted by atomic mass is 79.9. The maximum Gasteiger partial charge on any atom is 0.141 e. The van der Waals surface area contributed by atoms with Crippen LogP contribution in [0.4, 0.5) is 4.39 Å². The molecule has 21 heavy (non-hydrogen) atoms. The quantitative estimate of drug-likeness (QED) is 0.851. The van der Waals surface area contributed by atoms with E-state index < -0.39 is 5.82 Å². The number of halogens is 3. The lowest BCUT2D eigenvalue weighted by Crippen LogP contribution is -2.24. The molecule has 0 amide bonds. The molecule has 0 spiro atoms. The molecule has 0 aliphatic rings. The lowest BCUT2D eigenvalue weighted by molar-refractivity contribution is 0.526. The molecule has 0 aliphatic carbocycles. The summed E-state index contributed by atoms with van der Waals surface area (Å²) in [5, 5.41) is 7.97. The van der Waals surface area contributed by atoms with Crippen molar-refractivity contribution in [2.24, 2.45) is 7.05 Å². The molecule has 0 saturated heterocycles. The van der Waals surface area contributed by atoms with Gasteiger partial charge in [0.1, 0.15) is 5.82 Å². The molecule has 0 fully saturated rings. The van der Waals surface area contributed by atoms with Gasteiger partial charge in [0.05, 0.1) is 20.9 Å². The monoisotopic (exact) mass is 373 g/mol. The Morgan fingerprint density at radius 2 is 2.19 bits per heavy atom. The van der Waals surface area contributed by atoms with Crippen molar-refractivity contribution < 1.29 is 4.39 Å². The summed E-state index contributed by atoms with van der Waals surface area (Å²) < 4.78 is 16.2. The van der Waals surface area contributed by atoms with Gasteiger partial charge in [0, 0.05) is 19.5 Å². The lowest BCUT2D eigenvalue weighted by Gasteiger charge is -2.19. The van der Waals surface area contributed by atoms with Gasteiger partial charge in [-0.05, 0) is 47.1 Å². The number of nitrogens with zero attached hydrogens (tertiary/aromatic N) is 2. The lowest BCUT2D eigenvalue weighted by atomic mass is 10.0. The number of hydrogen-bond donors (Lipinski definition) is 1. The Kier molecular flexibility index (Phi) is 5.41. The average molecular weight is 375 g/mol. The first-order chi connectivity index (χ1) is 9.93. The number of likely N-dealkylation sites (N-methyl/N-ethyl adjacent to an activating group) is 1. The van der Waals surface area contributed by atoms with E-state index >= 15 is 0 Å². The fourth-order valence-electron chi connectivity index (χ4n) is 2.38. The van der Waals surface area contributed by atoms with Crippen LogP contribution in [0.25, 0.3) is 0 Å². The smallest absolute Gasteiger partial charge is 0.141 e. The highest BCUT2D eigenvalue weighted by Gasteiger charge is 2.18. The standard InChI is InChI=1S/C15H18BrClFN3/c1-4-19-13(10-5-6-12(18)11(17)7-10)8-14-15(16)9(2)20-21(14)3/h5-7,13,19H,4,8H2,1-3H3. The van der Waals surface area contributed by atoms with Gasteiger partial charge in [0.15, 0.2) is 0 Å². The Labute approximate surface area is 137 Å².